The average molecular weight is 415 g/mol. The first-order chi connectivity index (χ1) is 9.84. The lowest BCUT2D eigenvalue weighted by Gasteiger charge is -2.09. The maximum Gasteiger partial charge on any atom is 0.296 e. The van der Waals surface area contributed by atoms with Gasteiger partial charge in [0.1, 0.15) is 0 Å². The lowest BCUT2D eigenvalue weighted by atomic mass is 10.2. The molecule has 114 valence electrons. The summed E-state index contributed by atoms with van der Waals surface area (Å²) in [6.07, 6.45) is 0. The Labute approximate surface area is 139 Å². The van der Waals surface area contributed by atoms with Crippen LogP contribution in [0.15, 0.2) is 27.8 Å². The summed E-state index contributed by atoms with van der Waals surface area (Å²) in [6, 6.07) is 5.16. The molecule has 2 rings (SSSR count). The van der Waals surface area contributed by atoms with Gasteiger partial charge in [-0.3, -0.25) is 4.57 Å². The number of methoxy groups -OCH3 is 1. The van der Waals surface area contributed by atoms with Crippen molar-refractivity contribution in [1.82, 2.24) is 14.8 Å². The van der Waals surface area contributed by atoms with E-state index in [-0.39, 0.29) is 18.3 Å². The molecule has 10 heteroatoms. The number of hydrogen-bond donors (Lipinski definition) is 0. The van der Waals surface area contributed by atoms with Crippen LogP contribution in [0.5, 0.6) is 0 Å². The average Bonchev–Trinajstić information content (AvgIpc) is 2.79. The summed E-state index contributed by atoms with van der Waals surface area (Å²) in [5.41, 5.74) is 0.551. The number of benzene rings is 1. The van der Waals surface area contributed by atoms with Crippen LogP contribution < -0.4 is 0 Å². The zero-order valence-electron chi connectivity index (χ0n) is 10.8. The fourth-order valence-electron chi connectivity index (χ4n) is 1.72. The van der Waals surface area contributed by atoms with Crippen LogP contribution in [0, 0.1) is 0 Å². The first-order valence-corrected chi connectivity index (χ1v) is 9.15. The Bertz CT molecular complexity index is 764. The van der Waals surface area contributed by atoms with Crippen LogP contribution in [0.3, 0.4) is 0 Å². The fourth-order valence-corrected chi connectivity index (χ4v) is 3.40. The Balaban J connectivity index is 2.60. The molecule has 21 heavy (non-hydrogen) atoms. The Morgan fingerprint density at radius 3 is 2.67 bits per heavy atom. The van der Waals surface area contributed by atoms with Crippen LogP contribution >= 0.6 is 38.2 Å². The van der Waals surface area contributed by atoms with Gasteiger partial charge in [0.05, 0.1) is 18.2 Å². The number of rotatable bonds is 5. The molecule has 0 unspecified atom stereocenters. The highest BCUT2D eigenvalue weighted by molar-refractivity contribution is 9.10. The molecule has 0 aliphatic heterocycles. The largest absolute Gasteiger partial charge is 0.383 e. The van der Waals surface area contributed by atoms with Crippen LogP contribution in [0.25, 0.3) is 11.4 Å². The summed E-state index contributed by atoms with van der Waals surface area (Å²) in [5, 5.41) is 7.61. The molecule has 0 bridgehead atoms. The molecule has 6 nitrogen and oxygen atoms in total. The molecule has 1 heterocycles. The lowest BCUT2D eigenvalue weighted by molar-refractivity contribution is 0.185. The second-order valence-corrected chi connectivity index (χ2v) is 7.80. The number of nitrogens with zero attached hydrogens (tertiary/aromatic N) is 3. The summed E-state index contributed by atoms with van der Waals surface area (Å²) in [4.78, 5) is 0. The van der Waals surface area contributed by atoms with E-state index in [9.17, 15) is 8.42 Å². The van der Waals surface area contributed by atoms with Gasteiger partial charge >= 0.3 is 0 Å². The molecule has 2 aromatic rings. The lowest BCUT2D eigenvalue weighted by Crippen LogP contribution is -2.11. The van der Waals surface area contributed by atoms with Crippen molar-refractivity contribution in [3.8, 4) is 11.4 Å². The van der Waals surface area contributed by atoms with Crippen LogP contribution in [-0.2, 0) is 20.3 Å². The van der Waals surface area contributed by atoms with Gasteiger partial charge in [-0.2, -0.15) is 0 Å². The summed E-state index contributed by atoms with van der Waals surface area (Å²) in [7, 11) is 2.86. The maximum atomic E-state index is 11.6. The number of hydrogen-bond acceptors (Lipinski definition) is 5. The van der Waals surface area contributed by atoms with Crippen LogP contribution in [0.1, 0.15) is 0 Å². The van der Waals surface area contributed by atoms with E-state index in [0.29, 0.717) is 16.4 Å². The van der Waals surface area contributed by atoms with Gasteiger partial charge in [-0.1, -0.05) is 27.5 Å². The molecule has 0 radical (unpaired) electrons. The second kappa shape index (κ2) is 6.62. The minimum Gasteiger partial charge on any atom is -0.383 e. The molecule has 1 aromatic heterocycles. The zero-order chi connectivity index (χ0) is 15.6. The topological polar surface area (TPSA) is 74.1 Å². The summed E-state index contributed by atoms with van der Waals surface area (Å²) in [6.45, 7) is 0.505. The van der Waals surface area contributed by atoms with Crippen molar-refractivity contribution in [3.05, 3.63) is 27.7 Å². The van der Waals surface area contributed by atoms with Gasteiger partial charge in [0.25, 0.3) is 14.2 Å². The van der Waals surface area contributed by atoms with E-state index in [4.69, 9.17) is 27.0 Å². The van der Waals surface area contributed by atoms with Gasteiger partial charge in [-0.25, -0.2) is 8.42 Å². The Morgan fingerprint density at radius 1 is 1.38 bits per heavy atom. The van der Waals surface area contributed by atoms with Gasteiger partial charge in [0.2, 0.25) is 0 Å². The highest BCUT2D eigenvalue weighted by atomic mass is 79.9. The van der Waals surface area contributed by atoms with E-state index in [1.165, 1.54) is 11.7 Å². The summed E-state index contributed by atoms with van der Waals surface area (Å²) < 4.78 is 30.2. The third-order valence-corrected chi connectivity index (χ3v) is 4.58. The van der Waals surface area contributed by atoms with Crippen molar-refractivity contribution in [2.24, 2.45) is 0 Å². The Hall–Kier alpha value is -0.670. The van der Waals surface area contributed by atoms with Gasteiger partial charge in [-0.15, -0.1) is 10.2 Å². The number of ether oxygens (including phenoxy) is 1. The van der Waals surface area contributed by atoms with Gasteiger partial charge in [0, 0.05) is 27.8 Å². The first kappa shape index (κ1) is 16.7. The normalized spacial score (nSPS) is 11.8. The summed E-state index contributed by atoms with van der Waals surface area (Å²) >= 11 is 9.47. The molecule has 0 amide bonds. The minimum absolute atomic E-state index is 0.229. The van der Waals surface area contributed by atoms with E-state index in [1.54, 1.807) is 18.2 Å². The molecular formula is C11H10BrCl2N3O3S. The van der Waals surface area contributed by atoms with Gasteiger partial charge in [0.15, 0.2) is 5.82 Å². The Kier molecular flexibility index (Phi) is 5.26. The van der Waals surface area contributed by atoms with Crippen molar-refractivity contribution in [1.29, 1.82) is 0 Å². The van der Waals surface area contributed by atoms with E-state index in [0.717, 1.165) is 4.47 Å². The van der Waals surface area contributed by atoms with Crippen LogP contribution in [-0.4, -0.2) is 36.9 Å². The van der Waals surface area contributed by atoms with E-state index >= 15 is 0 Å². The highest BCUT2D eigenvalue weighted by Gasteiger charge is 2.24. The quantitative estimate of drug-likeness (QED) is 0.703. The first-order valence-electron chi connectivity index (χ1n) is 5.67. The standard InChI is InChI=1S/C11H10BrCl2N3O3S/c1-20-5-4-17-10(15-16-11(17)21(14,18)19)8-3-2-7(12)6-9(8)13/h2-3,6H,4-5H2,1H3. The smallest absolute Gasteiger partial charge is 0.296 e. The van der Waals surface area contributed by atoms with Crippen molar-refractivity contribution in [3.63, 3.8) is 0 Å². The summed E-state index contributed by atoms with van der Waals surface area (Å²) in [5.74, 6) is 0.309. The monoisotopic (exact) mass is 413 g/mol. The zero-order valence-corrected chi connectivity index (χ0v) is 14.7. The number of aromatic nitrogens is 3. The van der Waals surface area contributed by atoms with Crippen molar-refractivity contribution in [2.45, 2.75) is 11.7 Å². The third kappa shape index (κ3) is 3.75. The van der Waals surface area contributed by atoms with Crippen LogP contribution in [0.4, 0.5) is 0 Å². The molecule has 0 aliphatic carbocycles. The highest BCUT2D eigenvalue weighted by Crippen LogP contribution is 2.30. The van der Waals surface area contributed by atoms with E-state index < -0.39 is 9.05 Å². The molecule has 0 saturated carbocycles. The second-order valence-electron chi connectivity index (χ2n) is 4.01. The molecular weight excluding hydrogens is 405 g/mol. The molecule has 0 fully saturated rings. The minimum atomic E-state index is -4.02. The molecule has 0 N–H and O–H groups in total. The van der Waals surface area contributed by atoms with Crippen molar-refractivity contribution in [2.75, 3.05) is 13.7 Å². The predicted molar refractivity (Wildman–Crippen MR) is 83.1 cm³/mol. The predicted octanol–water partition coefficient (Wildman–Crippen LogP) is 2.93. The maximum absolute atomic E-state index is 11.6. The van der Waals surface area contributed by atoms with Gasteiger partial charge < -0.3 is 4.74 Å². The van der Waals surface area contributed by atoms with Crippen LogP contribution in [0.2, 0.25) is 5.02 Å². The molecule has 0 aliphatic rings. The van der Waals surface area contributed by atoms with E-state index in [1.807, 2.05) is 0 Å². The molecule has 1 aromatic carbocycles. The van der Waals surface area contributed by atoms with Gasteiger partial charge in [-0.05, 0) is 18.2 Å². The fraction of sp³-hybridized carbons (Fsp3) is 0.273. The number of halogens is 3. The molecule has 0 atom stereocenters. The van der Waals surface area contributed by atoms with Crippen molar-refractivity contribution < 1.29 is 13.2 Å². The SMILES string of the molecule is COCCn1c(-c2ccc(Br)cc2Cl)nnc1S(=O)(=O)Cl. The molecule has 0 saturated heterocycles. The third-order valence-electron chi connectivity index (χ3n) is 2.63. The molecule has 0 spiro atoms. The van der Waals surface area contributed by atoms with E-state index in [2.05, 4.69) is 26.1 Å². The van der Waals surface area contributed by atoms with Crippen molar-refractivity contribution >= 4 is 47.3 Å². The Morgan fingerprint density at radius 2 is 2.10 bits per heavy atom.